The van der Waals surface area contributed by atoms with Crippen LogP contribution in [0.4, 0.5) is 0 Å². The van der Waals surface area contributed by atoms with E-state index in [-0.39, 0.29) is 18.6 Å². The molecule has 0 saturated heterocycles. The molecule has 6 nitrogen and oxygen atoms in total. The number of carbonyl (C=O) groups is 2. The number of nitrogens with one attached hydrogen (secondary N) is 1. The number of methoxy groups -OCH3 is 1. The van der Waals surface area contributed by atoms with Gasteiger partial charge in [0.2, 0.25) is 5.91 Å². The second-order valence-electron chi connectivity index (χ2n) is 4.47. The zero-order valence-corrected chi connectivity index (χ0v) is 11.7. The van der Waals surface area contributed by atoms with E-state index in [1.807, 2.05) is 6.07 Å². The van der Waals surface area contributed by atoms with E-state index in [0.717, 1.165) is 5.56 Å². The van der Waals surface area contributed by atoms with Crippen LogP contribution in [-0.2, 0) is 20.9 Å². The van der Waals surface area contributed by atoms with E-state index in [9.17, 15) is 9.59 Å². The van der Waals surface area contributed by atoms with E-state index in [0.29, 0.717) is 18.7 Å². The minimum absolute atomic E-state index is 0.0964. The molecule has 6 heteroatoms. The molecule has 0 aliphatic rings. The van der Waals surface area contributed by atoms with Crippen molar-refractivity contribution in [3.05, 3.63) is 29.8 Å². The molecule has 0 aliphatic carbocycles. The van der Waals surface area contributed by atoms with Gasteiger partial charge in [-0.2, -0.15) is 0 Å². The minimum Gasteiger partial charge on any atom is -0.482 e. The van der Waals surface area contributed by atoms with Crippen LogP contribution in [-0.4, -0.2) is 31.6 Å². The van der Waals surface area contributed by atoms with Gasteiger partial charge >= 0.3 is 5.97 Å². The van der Waals surface area contributed by atoms with Gasteiger partial charge in [0, 0.05) is 19.0 Å². The van der Waals surface area contributed by atoms with Crippen molar-refractivity contribution in [2.75, 3.05) is 13.7 Å². The Bertz CT molecular complexity index is 460. The Labute approximate surface area is 118 Å². The van der Waals surface area contributed by atoms with E-state index in [1.54, 1.807) is 25.1 Å². The van der Waals surface area contributed by atoms with E-state index >= 15 is 0 Å². The van der Waals surface area contributed by atoms with Gasteiger partial charge in [-0.3, -0.25) is 4.79 Å². The van der Waals surface area contributed by atoms with Crippen molar-refractivity contribution < 1.29 is 19.1 Å². The van der Waals surface area contributed by atoms with Gasteiger partial charge in [0.05, 0.1) is 7.11 Å². The summed E-state index contributed by atoms with van der Waals surface area (Å²) < 4.78 is 9.75. The Morgan fingerprint density at radius 3 is 2.80 bits per heavy atom. The van der Waals surface area contributed by atoms with Gasteiger partial charge in [-0.05, 0) is 24.6 Å². The number of benzene rings is 1. The van der Waals surface area contributed by atoms with Crippen molar-refractivity contribution in [2.45, 2.75) is 25.9 Å². The molecular weight excluding hydrogens is 260 g/mol. The smallest absolute Gasteiger partial charge is 0.343 e. The molecule has 1 aromatic rings. The van der Waals surface area contributed by atoms with E-state index < -0.39 is 5.97 Å². The predicted octanol–water partition coefficient (Wildman–Crippen LogP) is 0.592. The second-order valence-corrected chi connectivity index (χ2v) is 4.47. The molecule has 3 N–H and O–H groups in total. The number of esters is 1. The molecule has 0 bridgehead atoms. The fourth-order valence-electron chi connectivity index (χ4n) is 1.51. The normalized spacial score (nSPS) is 11.6. The number of ether oxygens (including phenoxy) is 2. The van der Waals surface area contributed by atoms with Crippen LogP contribution < -0.4 is 15.8 Å². The molecule has 0 aromatic heterocycles. The molecule has 0 spiro atoms. The average molecular weight is 280 g/mol. The predicted molar refractivity (Wildman–Crippen MR) is 74.1 cm³/mol. The summed E-state index contributed by atoms with van der Waals surface area (Å²) in [6, 6.07) is 6.98. The van der Waals surface area contributed by atoms with E-state index in [1.165, 1.54) is 7.11 Å². The summed E-state index contributed by atoms with van der Waals surface area (Å²) in [4.78, 5) is 22.5. The van der Waals surface area contributed by atoms with Gasteiger partial charge in [-0.1, -0.05) is 12.1 Å². The highest BCUT2D eigenvalue weighted by atomic mass is 16.6. The molecule has 1 rings (SSSR count). The lowest BCUT2D eigenvalue weighted by Gasteiger charge is -2.09. The first-order chi connectivity index (χ1) is 9.51. The Morgan fingerprint density at radius 1 is 1.40 bits per heavy atom. The minimum atomic E-state index is -0.444. The number of carbonyl (C=O) groups excluding carboxylic acids is 2. The van der Waals surface area contributed by atoms with Crippen molar-refractivity contribution in [2.24, 2.45) is 5.73 Å². The van der Waals surface area contributed by atoms with Crippen LogP contribution in [0.3, 0.4) is 0 Å². The summed E-state index contributed by atoms with van der Waals surface area (Å²) in [7, 11) is 1.30. The van der Waals surface area contributed by atoms with Crippen LogP contribution in [0.5, 0.6) is 5.75 Å². The molecule has 20 heavy (non-hydrogen) atoms. The van der Waals surface area contributed by atoms with Gasteiger partial charge < -0.3 is 20.5 Å². The standard InChI is InChI=1S/C14H20N2O4/c1-10(15)6-13(17)16-8-11-4-3-5-12(7-11)20-9-14(18)19-2/h3-5,7,10H,6,8-9,15H2,1-2H3,(H,16,17). The molecule has 1 aromatic carbocycles. The number of nitrogens with two attached hydrogens (primary N) is 1. The van der Waals surface area contributed by atoms with Crippen LogP contribution >= 0.6 is 0 Å². The molecule has 0 heterocycles. The fourth-order valence-corrected chi connectivity index (χ4v) is 1.51. The summed E-state index contributed by atoms with van der Waals surface area (Å²) in [5.41, 5.74) is 6.42. The summed E-state index contributed by atoms with van der Waals surface area (Å²) in [6.07, 6.45) is 0.290. The number of rotatable bonds is 7. The molecule has 1 amide bonds. The van der Waals surface area contributed by atoms with E-state index in [4.69, 9.17) is 10.5 Å². The lowest BCUT2D eigenvalue weighted by atomic mass is 10.2. The third-order valence-electron chi connectivity index (χ3n) is 2.48. The highest BCUT2D eigenvalue weighted by molar-refractivity contribution is 5.76. The van der Waals surface area contributed by atoms with Gasteiger partial charge in [-0.25, -0.2) is 4.79 Å². The van der Waals surface area contributed by atoms with Crippen LogP contribution in [0.15, 0.2) is 24.3 Å². The quantitative estimate of drug-likeness (QED) is 0.713. The zero-order chi connectivity index (χ0) is 15.0. The molecule has 1 atom stereocenters. The number of hydrogen-bond acceptors (Lipinski definition) is 5. The van der Waals surface area contributed by atoms with Crippen molar-refractivity contribution in [3.8, 4) is 5.75 Å². The van der Waals surface area contributed by atoms with Gasteiger partial charge in [0.15, 0.2) is 6.61 Å². The monoisotopic (exact) mass is 280 g/mol. The summed E-state index contributed by atoms with van der Waals surface area (Å²) in [6.45, 7) is 2.03. The average Bonchev–Trinajstić information content (AvgIpc) is 2.42. The van der Waals surface area contributed by atoms with Crippen molar-refractivity contribution in [1.82, 2.24) is 5.32 Å². The Balaban J connectivity index is 2.47. The summed E-state index contributed by atoms with van der Waals surface area (Å²) >= 11 is 0. The Morgan fingerprint density at radius 2 is 2.15 bits per heavy atom. The first kappa shape index (κ1) is 16.0. The highest BCUT2D eigenvalue weighted by Gasteiger charge is 2.06. The first-order valence-electron chi connectivity index (χ1n) is 6.32. The summed E-state index contributed by atoms with van der Waals surface area (Å²) in [5.74, 6) is 0.0101. The molecule has 0 saturated carbocycles. The second kappa shape index (κ2) is 8.16. The zero-order valence-electron chi connectivity index (χ0n) is 11.7. The lowest BCUT2D eigenvalue weighted by Crippen LogP contribution is -2.29. The third-order valence-corrected chi connectivity index (χ3v) is 2.48. The SMILES string of the molecule is COC(=O)COc1cccc(CNC(=O)CC(C)N)c1. The molecular formula is C14H20N2O4. The molecule has 0 radical (unpaired) electrons. The van der Waals surface area contributed by atoms with E-state index in [2.05, 4.69) is 10.1 Å². The number of hydrogen-bond donors (Lipinski definition) is 2. The van der Waals surface area contributed by atoms with Crippen LogP contribution in [0, 0.1) is 0 Å². The van der Waals surface area contributed by atoms with Gasteiger partial charge in [-0.15, -0.1) is 0 Å². The van der Waals surface area contributed by atoms with Gasteiger partial charge in [0.25, 0.3) is 0 Å². The molecule has 1 unspecified atom stereocenters. The van der Waals surface area contributed by atoms with Crippen LogP contribution in [0.25, 0.3) is 0 Å². The molecule has 110 valence electrons. The third kappa shape index (κ3) is 6.19. The molecule has 0 aliphatic heterocycles. The first-order valence-corrected chi connectivity index (χ1v) is 6.32. The summed E-state index contributed by atoms with van der Waals surface area (Å²) in [5, 5.41) is 2.77. The van der Waals surface area contributed by atoms with Crippen LogP contribution in [0.1, 0.15) is 18.9 Å². The maximum atomic E-state index is 11.5. The van der Waals surface area contributed by atoms with Crippen molar-refractivity contribution in [3.63, 3.8) is 0 Å². The number of amides is 1. The highest BCUT2D eigenvalue weighted by Crippen LogP contribution is 2.13. The van der Waals surface area contributed by atoms with Gasteiger partial charge in [0.1, 0.15) is 5.75 Å². The Hall–Kier alpha value is -2.08. The Kier molecular flexibility index (Phi) is 6.52. The van der Waals surface area contributed by atoms with Crippen LogP contribution in [0.2, 0.25) is 0 Å². The van der Waals surface area contributed by atoms with Crippen molar-refractivity contribution >= 4 is 11.9 Å². The molecule has 0 fully saturated rings. The largest absolute Gasteiger partial charge is 0.482 e. The lowest BCUT2D eigenvalue weighted by molar-refractivity contribution is -0.142. The fraction of sp³-hybridized carbons (Fsp3) is 0.429. The maximum absolute atomic E-state index is 11.5. The topological polar surface area (TPSA) is 90.6 Å². The van der Waals surface area contributed by atoms with Crippen molar-refractivity contribution in [1.29, 1.82) is 0 Å². The maximum Gasteiger partial charge on any atom is 0.343 e.